The van der Waals surface area contributed by atoms with Crippen molar-refractivity contribution in [2.45, 2.75) is 20.0 Å². The van der Waals surface area contributed by atoms with Crippen molar-refractivity contribution in [1.82, 2.24) is 0 Å². The number of ether oxygens (including phenoxy) is 4. The summed E-state index contributed by atoms with van der Waals surface area (Å²) < 4.78 is 21.6. The summed E-state index contributed by atoms with van der Waals surface area (Å²) in [6.45, 7) is 4.86. The van der Waals surface area contributed by atoms with E-state index in [-0.39, 0.29) is 0 Å². The predicted molar refractivity (Wildman–Crippen MR) is 108 cm³/mol. The van der Waals surface area contributed by atoms with Gasteiger partial charge >= 0.3 is 5.97 Å². The summed E-state index contributed by atoms with van der Waals surface area (Å²) in [6, 6.07) is 12.4. The van der Waals surface area contributed by atoms with Crippen molar-refractivity contribution < 1.29 is 28.5 Å². The molecule has 0 radical (unpaired) electrons. The lowest BCUT2D eigenvalue weighted by Gasteiger charge is -2.19. The normalized spacial score (nSPS) is 13.6. The molecule has 2 aromatic carbocycles. The maximum Gasteiger partial charge on any atom is 0.331 e. The Balaban J connectivity index is 1.56. The molecule has 2 aromatic rings. The molecule has 0 spiro atoms. The zero-order valence-corrected chi connectivity index (χ0v) is 16.3. The van der Waals surface area contributed by atoms with Crippen LogP contribution in [0.4, 0.5) is 5.69 Å². The summed E-state index contributed by atoms with van der Waals surface area (Å²) in [7, 11) is 0. The zero-order valence-electron chi connectivity index (χ0n) is 16.3. The van der Waals surface area contributed by atoms with Gasteiger partial charge in [-0.2, -0.15) is 0 Å². The Morgan fingerprint density at radius 3 is 2.69 bits per heavy atom. The second kappa shape index (κ2) is 9.64. The molecule has 0 unspecified atom stereocenters. The highest BCUT2D eigenvalue weighted by Gasteiger charge is 2.18. The first-order valence-corrected chi connectivity index (χ1v) is 9.38. The summed E-state index contributed by atoms with van der Waals surface area (Å²) in [5.41, 5.74) is 1.28. The van der Waals surface area contributed by atoms with Gasteiger partial charge in [0.2, 0.25) is 0 Å². The van der Waals surface area contributed by atoms with Crippen LogP contribution in [0.5, 0.6) is 17.2 Å². The van der Waals surface area contributed by atoms with Crippen LogP contribution in [0.25, 0.3) is 6.08 Å². The summed E-state index contributed by atoms with van der Waals surface area (Å²) >= 11 is 0. The number of hydrogen-bond acceptors (Lipinski definition) is 6. The number of nitrogens with one attached hydrogen (secondary N) is 1. The van der Waals surface area contributed by atoms with Crippen LogP contribution in [0.2, 0.25) is 0 Å². The molecule has 0 fully saturated rings. The first kappa shape index (κ1) is 20.3. The van der Waals surface area contributed by atoms with Crippen molar-refractivity contribution in [1.29, 1.82) is 0 Å². The molecule has 1 N–H and O–H groups in total. The Hall–Kier alpha value is -3.48. The Labute approximate surface area is 169 Å². The van der Waals surface area contributed by atoms with E-state index in [1.54, 1.807) is 24.3 Å². The van der Waals surface area contributed by atoms with Crippen LogP contribution < -0.4 is 19.5 Å². The van der Waals surface area contributed by atoms with Crippen molar-refractivity contribution in [2.75, 3.05) is 25.1 Å². The first-order valence-electron chi connectivity index (χ1n) is 9.38. The van der Waals surface area contributed by atoms with Crippen LogP contribution in [0.1, 0.15) is 19.4 Å². The number of carbonyl (C=O) groups is 2. The number of amides is 1. The number of esters is 1. The van der Waals surface area contributed by atoms with E-state index in [9.17, 15) is 9.59 Å². The molecular formula is C22H23NO6. The van der Waals surface area contributed by atoms with Crippen LogP contribution in [0, 0.1) is 0 Å². The average Bonchev–Trinajstić information content (AvgIpc) is 2.73. The quantitative estimate of drug-likeness (QED) is 0.569. The fraction of sp³-hybridized carbons (Fsp3) is 0.273. The van der Waals surface area contributed by atoms with Gasteiger partial charge in [0.15, 0.2) is 17.6 Å². The number of benzene rings is 2. The number of anilines is 1. The van der Waals surface area contributed by atoms with E-state index in [0.717, 1.165) is 5.56 Å². The molecule has 0 saturated carbocycles. The lowest BCUT2D eigenvalue weighted by Crippen LogP contribution is -2.29. The molecule has 0 aromatic heterocycles. The topological polar surface area (TPSA) is 83.1 Å². The molecule has 0 bridgehead atoms. The van der Waals surface area contributed by atoms with Crippen LogP contribution in [-0.4, -0.2) is 37.8 Å². The molecule has 1 heterocycles. The summed E-state index contributed by atoms with van der Waals surface area (Å²) in [5.74, 6) is 0.795. The van der Waals surface area contributed by atoms with Gasteiger partial charge in [0, 0.05) is 23.4 Å². The molecule has 1 aliphatic rings. The minimum absolute atomic E-state index is 0.446. The molecular weight excluding hydrogens is 374 g/mol. The minimum Gasteiger partial charge on any atom is -0.493 e. The van der Waals surface area contributed by atoms with E-state index in [1.165, 1.54) is 13.0 Å². The van der Waals surface area contributed by atoms with Crippen molar-refractivity contribution in [3.05, 3.63) is 54.1 Å². The minimum atomic E-state index is -0.970. The van der Waals surface area contributed by atoms with E-state index < -0.39 is 18.0 Å². The fourth-order valence-corrected chi connectivity index (χ4v) is 2.70. The van der Waals surface area contributed by atoms with E-state index in [2.05, 4.69) is 5.32 Å². The van der Waals surface area contributed by atoms with Gasteiger partial charge in [0.05, 0.1) is 6.61 Å². The van der Waals surface area contributed by atoms with Gasteiger partial charge in [-0.05, 0) is 38.1 Å². The third kappa shape index (κ3) is 5.51. The molecule has 29 heavy (non-hydrogen) atoms. The first-order chi connectivity index (χ1) is 14.1. The maximum absolute atomic E-state index is 12.3. The molecule has 1 amide bonds. The van der Waals surface area contributed by atoms with Crippen molar-refractivity contribution in [3.8, 4) is 17.2 Å². The van der Waals surface area contributed by atoms with E-state index >= 15 is 0 Å². The number of hydrogen-bond donors (Lipinski definition) is 1. The van der Waals surface area contributed by atoms with Crippen LogP contribution in [0.15, 0.2) is 48.5 Å². The third-order valence-electron chi connectivity index (χ3n) is 4.09. The molecule has 1 atom stereocenters. The van der Waals surface area contributed by atoms with Gasteiger partial charge in [-0.15, -0.1) is 0 Å². The Bertz CT molecular complexity index is 908. The fourth-order valence-electron chi connectivity index (χ4n) is 2.70. The largest absolute Gasteiger partial charge is 0.493 e. The standard InChI is InChI=1S/C22H23NO6/c1-3-26-18-7-5-4-6-16(18)8-11-21(24)29-15(2)22(25)23-17-9-10-19-20(14-17)28-13-12-27-19/h4-11,14-15H,3,12-13H2,1-2H3,(H,23,25)/b11-8+/t15-/m1/s1. The van der Waals surface area contributed by atoms with E-state index in [4.69, 9.17) is 18.9 Å². The monoisotopic (exact) mass is 397 g/mol. The number of fused-ring (bicyclic) bond motifs is 1. The average molecular weight is 397 g/mol. The second-order valence-corrected chi connectivity index (χ2v) is 6.23. The lowest BCUT2D eigenvalue weighted by atomic mass is 10.2. The van der Waals surface area contributed by atoms with Crippen molar-refractivity contribution in [3.63, 3.8) is 0 Å². The highest BCUT2D eigenvalue weighted by Crippen LogP contribution is 2.32. The molecule has 0 aliphatic carbocycles. The van der Waals surface area contributed by atoms with Crippen LogP contribution in [-0.2, 0) is 14.3 Å². The van der Waals surface area contributed by atoms with Crippen molar-refractivity contribution in [2.24, 2.45) is 0 Å². The highest BCUT2D eigenvalue weighted by molar-refractivity contribution is 5.97. The summed E-state index contributed by atoms with van der Waals surface area (Å²) in [4.78, 5) is 24.4. The molecule has 152 valence electrons. The molecule has 3 rings (SSSR count). The summed E-state index contributed by atoms with van der Waals surface area (Å²) in [6.07, 6.45) is 1.90. The smallest absolute Gasteiger partial charge is 0.331 e. The number of para-hydroxylation sites is 1. The van der Waals surface area contributed by atoms with Gasteiger partial charge in [0.1, 0.15) is 19.0 Å². The Morgan fingerprint density at radius 2 is 1.90 bits per heavy atom. The second-order valence-electron chi connectivity index (χ2n) is 6.23. The summed E-state index contributed by atoms with van der Waals surface area (Å²) in [5, 5.41) is 2.70. The van der Waals surface area contributed by atoms with Crippen molar-refractivity contribution >= 4 is 23.6 Å². The Morgan fingerprint density at radius 1 is 1.14 bits per heavy atom. The zero-order chi connectivity index (χ0) is 20.6. The molecule has 7 heteroatoms. The number of rotatable bonds is 7. The van der Waals surface area contributed by atoms with Gasteiger partial charge < -0.3 is 24.3 Å². The highest BCUT2D eigenvalue weighted by atomic mass is 16.6. The van der Waals surface area contributed by atoms with Crippen LogP contribution >= 0.6 is 0 Å². The van der Waals surface area contributed by atoms with Crippen LogP contribution in [0.3, 0.4) is 0 Å². The van der Waals surface area contributed by atoms with E-state index in [1.807, 2.05) is 31.2 Å². The maximum atomic E-state index is 12.3. The number of carbonyl (C=O) groups excluding carboxylic acids is 2. The predicted octanol–water partition coefficient (Wildman–Crippen LogP) is 3.44. The third-order valence-corrected chi connectivity index (χ3v) is 4.09. The van der Waals surface area contributed by atoms with Gasteiger partial charge in [-0.3, -0.25) is 4.79 Å². The van der Waals surface area contributed by atoms with Gasteiger partial charge in [-0.1, -0.05) is 18.2 Å². The SMILES string of the molecule is CCOc1ccccc1/C=C/C(=O)O[C@H](C)C(=O)Nc1ccc2c(c1)OCCO2. The molecule has 0 saturated heterocycles. The molecule has 1 aliphatic heterocycles. The van der Waals surface area contributed by atoms with E-state index in [0.29, 0.717) is 42.8 Å². The van der Waals surface area contributed by atoms with Gasteiger partial charge in [-0.25, -0.2) is 4.79 Å². The van der Waals surface area contributed by atoms with Gasteiger partial charge in [0.25, 0.3) is 5.91 Å². The Kier molecular flexibility index (Phi) is 6.73. The molecule has 7 nitrogen and oxygen atoms in total. The lowest BCUT2D eigenvalue weighted by molar-refractivity contribution is -0.148.